The first-order chi connectivity index (χ1) is 11.8. The van der Waals surface area contributed by atoms with Crippen molar-refractivity contribution >= 4 is 11.6 Å². The molecule has 4 bridgehead atoms. The molecule has 4 fully saturated rings. The maximum Gasteiger partial charge on any atom is 0.269 e. The molecule has 134 valence electrons. The fraction of sp³-hybridized carbons (Fsp3) is 0.650. The summed E-state index contributed by atoms with van der Waals surface area (Å²) < 4.78 is 0. The lowest BCUT2D eigenvalue weighted by Gasteiger charge is -2.62. The number of hydrogen-bond acceptors (Lipinski definition) is 3. The highest BCUT2D eigenvalue weighted by atomic mass is 16.6. The third-order valence-corrected chi connectivity index (χ3v) is 6.90. The molecular formula is C20H26N2O3. The van der Waals surface area contributed by atoms with Gasteiger partial charge < -0.3 is 4.90 Å². The van der Waals surface area contributed by atoms with Gasteiger partial charge in [-0.25, -0.2) is 0 Å². The Bertz CT molecular complexity index is 696. The van der Waals surface area contributed by atoms with Crippen LogP contribution in [0.4, 0.5) is 5.69 Å². The van der Waals surface area contributed by atoms with Gasteiger partial charge in [0.25, 0.3) is 5.69 Å². The smallest absolute Gasteiger partial charge is 0.269 e. The standard InChI is InChI=1S/C20H26N2O3/c1-21(2)18(23)12-19-8-14-7-15(9-19)11-20(10-14,13-19)16-3-5-17(6-4-16)22(24)25/h3-6,14-15H,7-13H2,1-2H3/t14-,15+,19?,20?. The summed E-state index contributed by atoms with van der Waals surface area (Å²) >= 11 is 0. The number of benzene rings is 1. The van der Waals surface area contributed by atoms with Gasteiger partial charge in [-0.3, -0.25) is 14.9 Å². The Hall–Kier alpha value is -1.91. The topological polar surface area (TPSA) is 63.5 Å². The third-order valence-electron chi connectivity index (χ3n) is 6.90. The summed E-state index contributed by atoms with van der Waals surface area (Å²) in [7, 11) is 3.68. The summed E-state index contributed by atoms with van der Waals surface area (Å²) in [5, 5.41) is 11.0. The van der Waals surface area contributed by atoms with Crippen LogP contribution in [0.3, 0.4) is 0 Å². The van der Waals surface area contributed by atoms with E-state index in [-0.39, 0.29) is 27.3 Å². The van der Waals surface area contributed by atoms with Gasteiger partial charge in [0, 0.05) is 32.6 Å². The van der Waals surface area contributed by atoms with Gasteiger partial charge in [0.05, 0.1) is 4.92 Å². The van der Waals surface area contributed by atoms with E-state index >= 15 is 0 Å². The second-order valence-corrected chi connectivity index (χ2v) is 9.01. The van der Waals surface area contributed by atoms with Crippen molar-refractivity contribution in [2.45, 2.75) is 50.4 Å². The Morgan fingerprint density at radius 1 is 1.16 bits per heavy atom. The summed E-state index contributed by atoms with van der Waals surface area (Å²) in [6.07, 6.45) is 7.73. The zero-order valence-electron chi connectivity index (χ0n) is 15.0. The number of non-ortho nitro benzene ring substituents is 1. The van der Waals surface area contributed by atoms with Crippen molar-refractivity contribution < 1.29 is 9.72 Å². The third kappa shape index (κ3) is 2.74. The van der Waals surface area contributed by atoms with E-state index < -0.39 is 0 Å². The Morgan fingerprint density at radius 2 is 1.76 bits per heavy atom. The number of amides is 1. The Morgan fingerprint density at radius 3 is 2.28 bits per heavy atom. The summed E-state index contributed by atoms with van der Waals surface area (Å²) in [4.78, 5) is 24.8. The minimum Gasteiger partial charge on any atom is -0.349 e. The zero-order valence-corrected chi connectivity index (χ0v) is 15.0. The van der Waals surface area contributed by atoms with Crippen LogP contribution < -0.4 is 0 Å². The largest absolute Gasteiger partial charge is 0.349 e. The molecule has 0 aromatic heterocycles. The maximum atomic E-state index is 12.4. The van der Waals surface area contributed by atoms with Crippen molar-refractivity contribution in [1.29, 1.82) is 0 Å². The van der Waals surface area contributed by atoms with Crippen molar-refractivity contribution in [2.75, 3.05) is 14.1 Å². The van der Waals surface area contributed by atoms with Crippen LogP contribution >= 0.6 is 0 Å². The van der Waals surface area contributed by atoms with E-state index in [4.69, 9.17) is 0 Å². The van der Waals surface area contributed by atoms with E-state index in [9.17, 15) is 14.9 Å². The van der Waals surface area contributed by atoms with E-state index in [0.29, 0.717) is 18.3 Å². The quantitative estimate of drug-likeness (QED) is 0.615. The minimum atomic E-state index is -0.333. The van der Waals surface area contributed by atoms with E-state index in [1.165, 1.54) is 37.7 Å². The van der Waals surface area contributed by atoms with Crippen molar-refractivity contribution in [3.63, 3.8) is 0 Å². The minimum absolute atomic E-state index is 0.117. The number of carbonyl (C=O) groups is 1. The monoisotopic (exact) mass is 342 g/mol. The lowest BCUT2D eigenvalue weighted by molar-refractivity contribution is -0.384. The Kier molecular flexibility index (Phi) is 3.67. The predicted molar refractivity (Wildman–Crippen MR) is 95.2 cm³/mol. The van der Waals surface area contributed by atoms with Gasteiger partial charge >= 0.3 is 0 Å². The van der Waals surface area contributed by atoms with E-state index in [1.54, 1.807) is 17.0 Å². The summed E-state index contributed by atoms with van der Waals surface area (Å²) in [5.74, 6) is 1.64. The summed E-state index contributed by atoms with van der Waals surface area (Å²) in [6.45, 7) is 0. The van der Waals surface area contributed by atoms with Gasteiger partial charge in [0.1, 0.15) is 0 Å². The molecule has 5 rings (SSSR count). The van der Waals surface area contributed by atoms with Crippen LogP contribution in [0.5, 0.6) is 0 Å². The second kappa shape index (κ2) is 5.55. The van der Waals surface area contributed by atoms with Crippen LogP contribution in [0.25, 0.3) is 0 Å². The molecule has 4 aliphatic carbocycles. The number of nitro benzene ring substituents is 1. The molecule has 0 spiro atoms. The number of rotatable bonds is 4. The predicted octanol–water partition coefficient (Wildman–Crippen LogP) is 3.91. The van der Waals surface area contributed by atoms with Crippen molar-refractivity contribution in [3.05, 3.63) is 39.9 Å². The second-order valence-electron chi connectivity index (χ2n) is 9.01. The molecule has 0 radical (unpaired) electrons. The van der Waals surface area contributed by atoms with Crippen LogP contribution in [0, 0.1) is 27.4 Å². The number of nitrogens with zero attached hydrogens (tertiary/aromatic N) is 2. The van der Waals surface area contributed by atoms with E-state index in [2.05, 4.69) is 0 Å². The fourth-order valence-corrected chi connectivity index (χ4v) is 6.41. The van der Waals surface area contributed by atoms with Gasteiger partial charge in [-0.2, -0.15) is 0 Å². The lowest BCUT2D eigenvalue weighted by atomic mass is 9.42. The van der Waals surface area contributed by atoms with Crippen LogP contribution in [-0.4, -0.2) is 29.8 Å². The molecule has 0 aliphatic heterocycles. The maximum absolute atomic E-state index is 12.4. The van der Waals surface area contributed by atoms with Crippen molar-refractivity contribution in [2.24, 2.45) is 17.3 Å². The molecule has 0 saturated heterocycles. The molecule has 1 aromatic carbocycles. The number of carbonyl (C=O) groups excluding carboxylic acids is 1. The average Bonchev–Trinajstić information content (AvgIpc) is 2.53. The number of hydrogen-bond donors (Lipinski definition) is 0. The van der Waals surface area contributed by atoms with Crippen molar-refractivity contribution in [3.8, 4) is 0 Å². The Labute approximate surface area is 148 Å². The fourth-order valence-electron chi connectivity index (χ4n) is 6.41. The van der Waals surface area contributed by atoms with Gasteiger partial charge in [-0.05, 0) is 66.8 Å². The molecule has 2 unspecified atom stereocenters. The average molecular weight is 342 g/mol. The first-order valence-corrected chi connectivity index (χ1v) is 9.26. The SMILES string of the molecule is CN(C)C(=O)CC12C[C@H]3C[C@@H](C1)CC(c1ccc([N+](=O)[O-])cc1)(C3)C2. The molecule has 0 N–H and O–H groups in total. The molecule has 1 amide bonds. The van der Waals surface area contributed by atoms with Crippen LogP contribution in [0.1, 0.15) is 50.5 Å². The molecule has 4 atom stereocenters. The first kappa shape index (κ1) is 16.6. The van der Waals surface area contributed by atoms with Gasteiger partial charge in [-0.15, -0.1) is 0 Å². The highest BCUT2D eigenvalue weighted by Crippen LogP contribution is 2.66. The molecule has 4 saturated carbocycles. The molecule has 25 heavy (non-hydrogen) atoms. The van der Waals surface area contributed by atoms with E-state index in [0.717, 1.165) is 6.42 Å². The molecular weight excluding hydrogens is 316 g/mol. The van der Waals surface area contributed by atoms with Crippen LogP contribution in [0.15, 0.2) is 24.3 Å². The van der Waals surface area contributed by atoms with Gasteiger partial charge in [0.2, 0.25) is 5.91 Å². The molecule has 4 aliphatic rings. The zero-order chi connectivity index (χ0) is 17.8. The molecule has 1 aromatic rings. The summed E-state index contributed by atoms with van der Waals surface area (Å²) in [5.41, 5.74) is 1.65. The highest BCUT2D eigenvalue weighted by Gasteiger charge is 2.58. The molecule has 0 heterocycles. The highest BCUT2D eigenvalue weighted by molar-refractivity contribution is 5.76. The van der Waals surface area contributed by atoms with Crippen LogP contribution in [0.2, 0.25) is 0 Å². The van der Waals surface area contributed by atoms with Crippen LogP contribution in [-0.2, 0) is 10.2 Å². The van der Waals surface area contributed by atoms with Gasteiger partial charge in [0.15, 0.2) is 0 Å². The molecule has 5 nitrogen and oxygen atoms in total. The molecule has 5 heteroatoms. The summed E-state index contributed by atoms with van der Waals surface area (Å²) in [6, 6.07) is 7.22. The van der Waals surface area contributed by atoms with Gasteiger partial charge in [-0.1, -0.05) is 12.1 Å². The van der Waals surface area contributed by atoms with Crippen molar-refractivity contribution in [1.82, 2.24) is 4.90 Å². The Balaban J connectivity index is 1.66. The normalized spacial score (nSPS) is 35.6. The number of nitro groups is 1. The van der Waals surface area contributed by atoms with E-state index in [1.807, 2.05) is 26.2 Å². The first-order valence-electron chi connectivity index (χ1n) is 9.26. The lowest BCUT2D eigenvalue weighted by Crippen LogP contribution is -2.55.